The summed E-state index contributed by atoms with van der Waals surface area (Å²) in [7, 11) is 0. The molecule has 1 aromatic carbocycles. The lowest BCUT2D eigenvalue weighted by atomic mass is 10.1. The Kier molecular flexibility index (Phi) is 3.31. The summed E-state index contributed by atoms with van der Waals surface area (Å²) < 4.78 is 5.37. The molecular formula is C14H13NO3S. The second kappa shape index (κ2) is 5.11. The van der Waals surface area contributed by atoms with E-state index in [-0.39, 0.29) is 0 Å². The summed E-state index contributed by atoms with van der Waals surface area (Å²) in [6.45, 7) is 1.57. The molecule has 1 aliphatic rings. The maximum Gasteiger partial charge on any atom is 0.335 e. The van der Waals surface area contributed by atoms with Crippen molar-refractivity contribution in [2.45, 2.75) is 12.3 Å². The summed E-state index contributed by atoms with van der Waals surface area (Å²) in [5, 5.41) is 12.0. The van der Waals surface area contributed by atoms with Crippen molar-refractivity contribution in [2.24, 2.45) is 0 Å². The number of aromatic carboxylic acids is 1. The van der Waals surface area contributed by atoms with Gasteiger partial charge in [-0.2, -0.15) is 0 Å². The van der Waals surface area contributed by atoms with Crippen LogP contribution in [-0.4, -0.2) is 29.3 Å². The average molecular weight is 275 g/mol. The zero-order valence-electron chi connectivity index (χ0n) is 10.2. The molecule has 1 unspecified atom stereocenters. The number of rotatable bonds is 3. The first-order valence-electron chi connectivity index (χ1n) is 6.11. The van der Waals surface area contributed by atoms with Crippen LogP contribution in [0.1, 0.15) is 27.7 Å². The quantitative estimate of drug-likeness (QED) is 0.935. The first-order chi connectivity index (χ1) is 9.24. The number of nitrogens with zero attached hydrogens (tertiary/aromatic N) is 1. The third-order valence-electron chi connectivity index (χ3n) is 3.23. The van der Waals surface area contributed by atoms with Gasteiger partial charge in [-0.15, -0.1) is 11.3 Å². The van der Waals surface area contributed by atoms with Crippen LogP contribution in [0.5, 0.6) is 0 Å². The van der Waals surface area contributed by atoms with E-state index in [9.17, 15) is 4.79 Å². The molecule has 0 spiro atoms. The molecule has 98 valence electrons. The lowest BCUT2D eigenvalue weighted by Gasteiger charge is -2.01. The minimum absolute atomic E-state index is 0.295. The van der Waals surface area contributed by atoms with Crippen LogP contribution < -0.4 is 0 Å². The van der Waals surface area contributed by atoms with Gasteiger partial charge in [-0.25, -0.2) is 9.78 Å². The van der Waals surface area contributed by atoms with Gasteiger partial charge in [-0.05, 0) is 18.6 Å². The van der Waals surface area contributed by atoms with E-state index in [0.29, 0.717) is 11.5 Å². The van der Waals surface area contributed by atoms with E-state index in [2.05, 4.69) is 4.98 Å². The van der Waals surface area contributed by atoms with Gasteiger partial charge in [0.25, 0.3) is 0 Å². The van der Waals surface area contributed by atoms with E-state index in [1.54, 1.807) is 35.6 Å². The molecule has 4 nitrogen and oxygen atoms in total. The van der Waals surface area contributed by atoms with Gasteiger partial charge in [-0.1, -0.05) is 12.1 Å². The van der Waals surface area contributed by atoms with Crippen molar-refractivity contribution in [1.29, 1.82) is 0 Å². The molecule has 0 bridgehead atoms. The van der Waals surface area contributed by atoms with Crippen LogP contribution in [-0.2, 0) is 4.74 Å². The predicted molar refractivity (Wildman–Crippen MR) is 72.7 cm³/mol. The third-order valence-corrected chi connectivity index (χ3v) is 4.24. The molecule has 1 atom stereocenters. The number of aromatic nitrogens is 1. The predicted octanol–water partition coefficient (Wildman–Crippen LogP) is 3.01. The minimum Gasteiger partial charge on any atom is -0.478 e. The number of benzene rings is 1. The van der Waals surface area contributed by atoms with Gasteiger partial charge in [0.2, 0.25) is 0 Å². The van der Waals surface area contributed by atoms with Crippen molar-refractivity contribution in [3.05, 3.63) is 40.2 Å². The van der Waals surface area contributed by atoms with Gasteiger partial charge in [-0.3, -0.25) is 0 Å². The van der Waals surface area contributed by atoms with E-state index in [0.717, 1.165) is 35.9 Å². The number of carboxylic acids is 1. The minimum atomic E-state index is -0.909. The molecule has 0 aliphatic carbocycles. The second-order valence-electron chi connectivity index (χ2n) is 4.51. The molecule has 3 rings (SSSR count). The van der Waals surface area contributed by atoms with E-state index in [1.807, 2.05) is 5.38 Å². The largest absolute Gasteiger partial charge is 0.478 e. The standard InChI is InChI=1S/C14H13NO3S/c16-14(17)10-3-1-9(2-4-10)12-8-19-13(15-12)11-5-6-18-7-11/h1-4,8,11H,5-7H2,(H,16,17). The van der Waals surface area contributed by atoms with Crippen molar-refractivity contribution >= 4 is 17.3 Å². The van der Waals surface area contributed by atoms with Gasteiger partial charge < -0.3 is 9.84 Å². The Balaban J connectivity index is 1.83. The highest BCUT2D eigenvalue weighted by Crippen LogP contribution is 2.31. The van der Waals surface area contributed by atoms with Crippen LogP contribution in [0, 0.1) is 0 Å². The Bertz CT molecular complexity index is 585. The number of thiazole rings is 1. The smallest absolute Gasteiger partial charge is 0.335 e. The molecule has 1 N–H and O–H groups in total. The Labute approximate surface area is 114 Å². The van der Waals surface area contributed by atoms with E-state index >= 15 is 0 Å². The summed E-state index contributed by atoms with van der Waals surface area (Å²) in [6, 6.07) is 6.81. The first kappa shape index (κ1) is 12.3. The fraction of sp³-hybridized carbons (Fsp3) is 0.286. The molecule has 0 saturated carbocycles. The summed E-state index contributed by atoms with van der Waals surface area (Å²) in [6.07, 6.45) is 1.03. The maximum absolute atomic E-state index is 10.8. The summed E-state index contributed by atoms with van der Waals surface area (Å²) in [4.78, 5) is 15.4. The van der Waals surface area contributed by atoms with Crippen LogP contribution in [0.25, 0.3) is 11.3 Å². The monoisotopic (exact) mass is 275 g/mol. The topological polar surface area (TPSA) is 59.4 Å². The molecule has 0 radical (unpaired) electrons. The molecule has 5 heteroatoms. The Morgan fingerprint density at radius 3 is 2.79 bits per heavy atom. The SMILES string of the molecule is O=C(O)c1ccc(-c2csc(C3CCOC3)n2)cc1. The normalized spacial score (nSPS) is 18.6. The van der Waals surface area contributed by atoms with Gasteiger partial charge in [0, 0.05) is 23.5 Å². The highest BCUT2D eigenvalue weighted by atomic mass is 32.1. The Morgan fingerprint density at radius 2 is 2.16 bits per heavy atom. The van der Waals surface area contributed by atoms with Gasteiger partial charge in [0.1, 0.15) is 0 Å². The Hall–Kier alpha value is -1.72. The van der Waals surface area contributed by atoms with Crippen LogP contribution in [0.4, 0.5) is 0 Å². The van der Waals surface area contributed by atoms with E-state index in [4.69, 9.17) is 9.84 Å². The summed E-state index contributed by atoms with van der Waals surface area (Å²) in [5.41, 5.74) is 2.15. The molecule has 0 amide bonds. The van der Waals surface area contributed by atoms with E-state index in [1.165, 1.54) is 0 Å². The molecule has 19 heavy (non-hydrogen) atoms. The van der Waals surface area contributed by atoms with Crippen LogP contribution in [0.3, 0.4) is 0 Å². The van der Waals surface area contributed by atoms with Crippen LogP contribution in [0.15, 0.2) is 29.6 Å². The fourth-order valence-electron chi connectivity index (χ4n) is 2.12. The number of carbonyl (C=O) groups is 1. The molecular weight excluding hydrogens is 262 g/mol. The van der Waals surface area contributed by atoms with Gasteiger partial charge in [0.05, 0.1) is 22.9 Å². The third kappa shape index (κ3) is 2.52. The lowest BCUT2D eigenvalue weighted by molar-refractivity contribution is 0.0697. The number of ether oxygens (including phenoxy) is 1. The van der Waals surface area contributed by atoms with E-state index < -0.39 is 5.97 Å². The molecule has 2 heterocycles. The first-order valence-corrected chi connectivity index (χ1v) is 6.99. The van der Waals surface area contributed by atoms with Crippen LogP contribution >= 0.6 is 11.3 Å². The molecule has 1 saturated heterocycles. The van der Waals surface area contributed by atoms with Gasteiger partial charge >= 0.3 is 5.97 Å². The van der Waals surface area contributed by atoms with Crippen molar-refractivity contribution in [1.82, 2.24) is 4.98 Å². The average Bonchev–Trinajstić information content (AvgIpc) is 3.10. The highest BCUT2D eigenvalue weighted by molar-refractivity contribution is 7.10. The van der Waals surface area contributed by atoms with Gasteiger partial charge in [0.15, 0.2) is 0 Å². The number of carboxylic acid groups (broad SMARTS) is 1. The summed E-state index contributed by atoms with van der Waals surface area (Å²) >= 11 is 1.64. The zero-order valence-corrected chi connectivity index (χ0v) is 11.0. The lowest BCUT2D eigenvalue weighted by Crippen LogP contribution is -1.97. The fourth-order valence-corrected chi connectivity index (χ4v) is 3.07. The van der Waals surface area contributed by atoms with Crippen molar-refractivity contribution in [3.8, 4) is 11.3 Å². The second-order valence-corrected chi connectivity index (χ2v) is 5.40. The number of hydrogen-bond acceptors (Lipinski definition) is 4. The summed E-state index contributed by atoms with van der Waals surface area (Å²) in [5.74, 6) is -0.495. The highest BCUT2D eigenvalue weighted by Gasteiger charge is 2.21. The number of hydrogen-bond donors (Lipinski definition) is 1. The van der Waals surface area contributed by atoms with Crippen molar-refractivity contribution < 1.29 is 14.6 Å². The molecule has 1 fully saturated rings. The zero-order chi connectivity index (χ0) is 13.2. The molecule has 1 aromatic heterocycles. The van der Waals surface area contributed by atoms with Crippen molar-refractivity contribution in [2.75, 3.05) is 13.2 Å². The molecule has 2 aromatic rings. The molecule has 1 aliphatic heterocycles. The Morgan fingerprint density at radius 1 is 1.37 bits per heavy atom. The van der Waals surface area contributed by atoms with Crippen molar-refractivity contribution in [3.63, 3.8) is 0 Å². The maximum atomic E-state index is 10.8. The van der Waals surface area contributed by atoms with Crippen LogP contribution in [0.2, 0.25) is 0 Å².